The minimum atomic E-state index is -0.825. The lowest BCUT2D eigenvalue weighted by molar-refractivity contribution is 0.244. The number of nitrogens with zero attached hydrogens (tertiary/aromatic N) is 3. The highest BCUT2D eigenvalue weighted by Gasteiger charge is 2.36. The van der Waals surface area contributed by atoms with Gasteiger partial charge in [-0.05, 0) is 55.0 Å². The van der Waals surface area contributed by atoms with Crippen molar-refractivity contribution in [1.82, 2.24) is 15.5 Å². The third-order valence-electron chi connectivity index (χ3n) is 5.47. The summed E-state index contributed by atoms with van der Waals surface area (Å²) in [4.78, 5) is 18.8. The van der Waals surface area contributed by atoms with Gasteiger partial charge in [-0.2, -0.15) is 4.98 Å². The van der Waals surface area contributed by atoms with Crippen molar-refractivity contribution in [3.8, 4) is 11.4 Å². The van der Waals surface area contributed by atoms with Crippen molar-refractivity contribution in [1.29, 1.82) is 0 Å². The van der Waals surface area contributed by atoms with Crippen LogP contribution in [-0.2, 0) is 0 Å². The van der Waals surface area contributed by atoms with E-state index in [0.29, 0.717) is 22.4 Å². The maximum Gasteiger partial charge on any atom is 0.327 e. The molecule has 0 radical (unpaired) electrons. The molecule has 170 valence electrons. The van der Waals surface area contributed by atoms with E-state index in [4.69, 9.17) is 4.52 Å². The number of rotatable bonds is 4. The van der Waals surface area contributed by atoms with Gasteiger partial charge in [-0.25, -0.2) is 18.0 Å². The molecule has 6 nitrogen and oxygen atoms in total. The Kier molecular flexibility index (Phi) is 5.37. The number of anilines is 1. The number of amides is 2. The zero-order chi connectivity index (χ0) is 23.8. The number of carbonyl (C=O) groups excluding carboxylic acids is 1. The molecule has 1 aliphatic rings. The lowest BCUT2D eigenvalue weighted by Gasteiger charge is -2.35. The molecule has 0 spiro atoms. The molecule has 34 heavy (non-hydrogen) atoms. The lowest BCUT2D eigenvalue weighted by atomic mass is 9.94. The fourth-order valence-electron chi connectivity index (χ4n) is 3.96. The van der Waals surface area contributed by atoms with E-state index in [1.807, 2.05) is 0 Å². The van der Waals surface area contributed by atoms with Crippen molar-refractivity contribution in [3.63, 3.8) is 0 Å². The van der Waals surface area contributed by atoms with Gasteiger partial charge in [0.1, 0.15) is 17.5 Å². The van der Waals surface area contributed by atoms with Gasteiger partial charge in [-0.1, -0.05) is 35.5 Å². The molecule has 3 aromatic carbocycles. The van der Waals surface area contributed by atoms with Crippen molar-refractivity contribution in [2.24, 2.45) is 0 Å². The molecule has 1 N–H and O–H groups in total. The second-order valence-electron chi connectivity index (χ2n) is 7.69. The van der Waals surface area contributed by atoms with E-state index >= 15 is 0 Å². The number of hydrogen-bond donors (Lipinski definition) is 1. The van der Waals surface area contributed by atoms with E-state index in [0.717, 1.165) is 0 Å². The average Bonchev–Trinajstić information content (AvgIpc) is 3.28. The molecule has 1 unspecified atom stereocenters. The van der Waals surface area contributed by atoms with Gasteiger partial charge in [-0.3, -0.25) is 4.90 Å². The number of aromatic nitrogens is 2. The van der Waals surface area contributed by atoms with E-state index in [9.17, 15) is 18.0 Å². The largest absolute Gasteiger partial charge is 0.334 e. The fraction of sp³-hybridized carbons (Fsp3) is 0.0800. The highest BCUT2D eigenvalue weighted by molar-refractivity contribution is 6.01. The van der Waals surface area contributed by atoms with Crippen molar-refractivity contribution < 1.29 is 22.5 Å². The lowest BCUT2D eigenvalue weighted by Crippen LogP contribution is -2.46. The minimum absolute atomic E-state index is 0.0485. The number of nitrogens with one attached hydrogen (secondary N) is 1. The molecule has 0 saturated heterocycles. The normalized spacial score (nSPS) is 16.1. The number of hydrogen-bond acceptors (Lipinski definition) is 4. The average molecular weight is 462 g/mol. The van der Waals surface area contributed by atoms with Crippen molar-refractivity contribution in [3.05, 3.63) is 107 Å². The molecule has 0 bridgehead atoms. The number of halogens is 3. The Hall–Kier alpha value is -4.40. The summed E-state index contributed by atoms with van der Waals surface area (Å²) in [7, 11) is 0. The van der Waals surface area contributed by atoms with E-state index in [1.54, 1.807) is 25.1 Å². The van der Waals surface area contributed by atoms with Gasteiger partial charge in [0.2, 0.25) is 5.82 Å². The highest BCUT2D eigenvalue weighted by atomic mass is 19.1. The zero-order valence-corrected chi connectivity index (χ0v) is 17.8. The smallest absolute Gasteiger partial charge is 0.327 e. The van der Waals surface area contributed by atoms with Crippen LogP contribution in [0, 0.1) is 17.5 Å². The van der Waals surface area contributed by atoms with Gasteiger partial charge in [0.05, 0.1) is 17.3 Å². The SMILES string of the molecule is CC1=C(c2nc(-c3cccc(F)c3)no2)C(c2cccc(F)c2)NC(=O)N1c1cccc(F)c1. The monoisotopic (exact) mass is 462 g/mol. The minimum Gasteiger partial charge on any atom is -0.334 e. The van der Waals surface area contributed by atoms with E-state index in [-0.39, 0.29) is 17.4 Å². The van der Waals surface area contributed by atoms with Crippen LogP contribution < -0.4 is 10.2 Å². The van der Waals surface area contributed by atoms with Gasteiger partial charge < -0.3 is 9.84 Å². The molecule has 1 aromatic heterocycles. The first-order valence-corrected chi connectivity index (χ1v) is 10.3. The third-order valence-corrected chi connectivity index (χ3v) is 5.47. The predicted octanol–water partition coefficient (Wildman–Crippen LogP) is 5.86. The molecule has 4 aromatic rings. The summed E-state index contributed by atoms with van der Waals surface area (Å²) in [5.74, 6) is -1.27. The highest BCUT2D eigenvalue weighted by Crippen LogP contribution is 2.39. The number of benzene rings is 3. The van der Waals surface area contributed by atoms with Crippen LogP contribution in [0.2, 0.25) is 0 Å². The number of urea groups is 1. The van der Waals surface area contributed by atoms with Crippen molar-refractivity contribution >= 4 is 17.3 Å². The Morgan fingerprint density at radius 1 is 0.912 bits per heavy atom. The molecule has 9 heteroatoms. The van der Waals surface area contributed by atoms with Crippen LogP contribution in [0.4, 0.5) is 23.7 Å². The van der Waals surface area contributed by atoms with Crippen LogP contribution in [0.5, 0.6) is 0 Å². The van der Waals surface area contributed by atoms with Gasteiger partial charge in [0, 0.05) is 11.3 Å². The molecular formula is C25H17F3N4O2. The van der Waals surface area contributed by atoms with Crippen LogP contribution in [0.1, 0.15) is 24.4 Å². The van der Waals surface area contributed by atoms with Crippen LogP contribution in [0.25, 0.3) is 17.0 Å². The second kappa shape index (κ2) is 8.51. The third kappa shape index (κ3) is 3.92. The maximum atomic E-state index is 14.0. The maximum absolute atomic E-state index is 14.0. The molecule has 2 amide bonds. The molecule has 5 rings (SSSR count). The first-order valence-electron chi connectivity index (χ1n) is 10.3. The van der Waals surface area contributed by atoms with Crippen LogP contribution in [0.15, 0.2) is 83.0 Å². The Morgan fingerprint density at radius 2 is 1.59 bits per heavy atom. The van der Waals surface area contributed by atoms with Crippen molar-refractivity contribution in [2.45, 2.75) is 13.0 Å². The summed E-state index contributed by atoms with van der Waals surface area (Å²) in [6, 6.07) is 15.7. The Bertz CT molecular complexity index is 1430. The predicted molar refractivity (Wildman–Crippen MR) is 119 cm³/mol. The van der Waals surface area contributed by atoms with Crippen LogP contribution >= 0.6 is 0 Å². The van der Waals surface area contributed by atoms with E-state index in [2.05, 4.69) is 15.5 Å². The Morgan fingerprint density at radius 3 is 2.29 bits per heavy atom. The van der Waals surface area contributed by atoms with E-state index < -0.39 is 29.5 Å². The standard InChI is InChI=1S/C25H17F3N4O2/c1-14-21(24-30-23(31-34-24)16-6-3-8-18(27)12-16)22(15-5-2-7-17(26)11-15)29-25(33)32(14)20-10-4-9-19(28)13-20/h2-13,22H,1H3,(H,29,33). The first kappa shape index (κ1) is 21.4. The summed E-state index contributed by atoms with van der Waals surface area (Å²) < 4.78 is 47.1. The Labute approximate surface area is 192 Å². The van der Waals surface area contributed by atoms with Gasteiger partial charge in [-0.15, -0.1) is 0 Å². The summed E-state index contributed by atoms with van der Waals surface area (Å²) >= 11 is 0. The van der Waals surface area contributed by atoms with Gasteiger partial charge >= 0.3 is 6.03 Å². The van der Waals surface area contributed by atoms with Crippen LogP contribution in [0.3, 0.4) is 0 Å². The second-order valence-corrected chi connectivity index (χ2v) is 7.69. The fourth-order valence-corrected chi connectivity index (χ4v) is 3.96. The number of allylic oxidation sites excluding steroid dienone is 1. The van der Waals surface area contributed by atoms with Gasteiger partial charge in [0.15, 0.2) is 0 Å². The zero-order valence-electron chi connectivity index (χ0n) is 17.8. The van der Waals surface area contributed by atoms with Crippen molar-refractivity contribution in [2.75, 3.05) is 4.90 Å². The molecule has 2 heterocycles. The quantitative estimate of drug-likeness (QED) is 0.413. The Balaban J connectivity index is 1.67. The van der Waals surface area contributed by atoms with Crippen LogP contribution in [-0.4, -0.2) is 16.2 Å². The molecule has 0 aliphatic carbocycles. The molecule has 1 aliphatic heterocycles. The summed E-state index contributed by atoms with van der Waals surface area (Å²) in [6.45, 7) is 1.65. The summed E-state index contributed by atoms with van der Waals surface area (Å²) in [6.07, 6.45) is 0. The summed E-state index contributed by atoms with van der Waals surface area (Å²) in [5, 5.41) is 6.78. The van der Waals surface area contributed by atoms with E-state index in [1.165, 1.54) is 59.5 Å². The molecule has 0 fully saturated rings. The summed E-state index contributed by atoms with van der Waals surface area (Å²) in [5.41, 5.74) is 1.92. The van der Waals surface area contributed by atoms with Gasteiger partial charge in [0.25, 0.3) is 5.89 Å². The molecular weight excluding hydrogens is 445 g/mol. The number of carbonyl (C=O) groups is 1. The topological polar surface area (TPSA) is 71.3 Å². The molecule has 1 atom stereocenters. The first-order chi connectivity index (χ1) is 16.4. The molecule has 0 saturated carbocycles.